The van der Waals surface area contributed by atoms with Gasteiger partial charge in [0.25, 0.3) is 0 Å². The summed E-state index contributed by atoms with van der Waals surface area (Å²) in [6.07, 6.45) is 7.58. The number of unbranched alkanes of at least 4 members (excludes halogenated alkanes) is 3. The van der Waals surface area contributed by atoms with Crippen molar-refractivity contribution >= 4 is 37.6 Å². The monoisotopic (exact) mass is 403 g/mol. The van der Waals surface area contributed by atoms with Crippen LogP contribution < -0.4 is 15.9 Å². The van der Waals surface area contributed by atoms with E-state index in [1.165, 1.54) is 47.7 Å². The summed E-state index contributed by atoms with van der Waals surface area (Å²) in [6, 6.07) is 33.6. The van der Waals surface area contributed by atoms with Crippen molar-refractivity contribution in [2.24, 2.45) is 4.99 Å². The molecule has 0 aliphatic carbocycles. The number of hydrogen-bond acceptors (Lipinski definition) is 2. The van der Waals surface area contributed by atoms with E-state index in [0.717, 1.165) is 13.0 Å². The van der Waals surface area contributed by atoms with Gasteiger partial charge in [0, 0.05) is 0 Å². The Balaban J connectivity index is 1.86. The summed E-state index contributed by atoms with van der Waals surface area (Å²) in [5.74, 6) is 0. The maximum atomic E-state index is 4.88. The van der Waals surface area contributed by atoms with E-state index in [1.807, 2.05) is 0 Å². The van der Waals surface area contributed by atoms with Crippen molar-refractivity contribution in [1.82, 2.24) is 0 Å². The predicted octanol–water partition coefficient (Wildman–Crippen LogP) is 3.87. The summed E-state index contributed by atoms with van der Waals surface area (Å²) in [4.78, 5) is 4.24. The topological polar surface area (TPSA) is 21.6 Å². The first-order valence-corrected chi connectivity index (χ1v) is 12.8. The fraction of sp³-hybridized carbons (Fsp3) is 0.240. The van der Waals surface area contributed by atoms with Gasteiger partial charge in [0.05, 0.1) is 0 Å². The van der Waals surface area contributed by atoms with Crippen molar-refractivity contribution in [1.29, 1.82) is 0 Å². The molecule has 3 aromatic rings. The molecule has 0 spiro atoms. The molecule has 0 aromatic heterocycles. The summed E-state index contributed by atoms with van der Waals surface area (Å²) in [7, 11) is -0.411. The Morgan fingerprint density at radius 3 is 1.55 bits per heavy atom. The van der Waals surface area contributed by atoms with E-state index in [9.17, 15) is 0 Å². The number of hydrogen-bond donors (Lipinski definition) is 0. The molecule has 2 nitrogen and oxygen atoms in total. The number of benzene rings is 3. The summed E-state index contributed by atoms with van der Waals surface area (Å²) >= 11 is 0. The first kappa shape index (κ1) is 21.3. The van der Waals surface area contributed by atoms with E-state index in [2.05, 4.69) is 96.0 Å². The van der Waals surface area contributed by atoms with Crippen molar-refractivity contribution in [2.75, 3.05) is 12.7 Å². The molecule has 29 heavy (non-hydrogen) atoms. The Bertz CT molecular complexity index is 759. The van der Waals surface area contributed by atoms with Gasteiger partial charge in [-0.1, -0.05) is 0 Å². The van der Waals surface area contributed by atoms with Crippen LogP contribution in [0.15, 0.2) is 96.0 Å². The molecule has 0 amide bonds. The first-order chi connectivity index (χ1) is 14.4. The Kier molecular flexibility index (Phi) is 8.52. The van der Waals surface area contributed by atoms with Gasteiger partial charge in [-0.2, -0.15) is 0 Å². The minimum atomic E-state index is -2.05. The molecule has 0 N–H and O–H groups in total. The molecule has 3 rings (SSSR count). The first-order valence-electron chi connectivity index (χ1n) is 10.6. The molecule has 0 aliphatic heterocycles. The minimum absolute atomic E-state index is 0.854. The van der Waals surface area contributed by atoms with Crippen LogP contribution in [0.4, 0.5) is 0 Å². The molecule has 0 heterocycles. The van der Waals surface area contributed by atoms with Crippen LogP contribution in [0.1, 0.15) is 25.7 Å². The van der Waals surface area contributed by atoms with E-state index in [-0.39, 0.29) is 0 Å². The van der Waals surface area contributed by atoms with E-state index in [1.54, 1.807) is 8.05 Å². The van der Waals surface area contributed by atoms with Crippen LogP contribution in [0.25, 0.3) is 0 Å². The molecule has 0 fully saturated rings. The molecule has 0 saturated heterocycles. The molecule has 0 radical (unpaired) electrons. The van der Waals surface area contributed by atoms with E-state index in [0.29, 0.717) is 0 Å². The Morgan fingerprint density at radius 1 is 0.655 bits per heavy atom. The Labute approximate surface area is 176 Å². The fourth-order valence-electron chi connectivity index (χ4n) is 4.18. The molecule has 0 aliphatic rings. The third-order valence-electron chi connectivity index (χ3n) is 5.57. The van der Waals surface area contributed by atoms with Crippen LogP contribution >= 0.6 is 7.26 Å². The van der Waals surface area contributed by atoms with Gasteiger partial charge < -0.3 is 0 Å². The van der Waals surface area contributed by atoms with Crippen molar-refractivity contribution < 1.29 is 4.65 Å². The van der Waals surface area contributed by atoms with Crippen LogP contribution in [0.2, 0.25) is 0 Å². The van der Waals surface area contributed by atoms with Crippen LogP contribution in [-0.2, 0) is 4.65 Å². The number of rotatable bonds is 11. The Morgan fingerprint density at radius 2 is 1.10 bits per heavy atom. The van der Waals surface area contributed by atoms with E-state index < -0.39 is 7.26 Å². The zero-order valence-corrected chi connectivity index (χ0v) is 18.3. The summed E-state index contributed by atoms with van der Waals surface area (Å²) in [6.45, 7) is 0.854. The van der Waals surface area contributed by atoms with E-state index in [4.69, 9.17) is 4.65 Å². The zero-order valence-electron chi connectivity index (χ0n) is 17.3. The molecule has 0 saturated carbocycles. The second kappa shape index (κ2) is 11.6. The van der Waals surface area contributed by atoms with Crippen molar-refractivity contribution in [3.63, 3.8) is 0 Å². The second-order valence-corrected chi connectivity index (χ2v) is 11.5. The van der Waals surface area contributed by atoms with Gasteiger partial charge in [0.15, 0.2) is 0 Å². The molecular formula is C25H31BNOP. The van der Waals surface area contributed by atoms with Gasteiger partial charge >= 0.3 is 177 Å². The SMILES string of the molecule is BOC=NCCCCCC[PH](c1ccccc1)(c1ccccc1)c1ccccc1. The Hall–Kier alpha value is -2.38. The predicted molar refractivity (Wildman–Crippen MR) is 133 cm³/mol. The van der Waals surface area contributed by atoms with Gasteiger partial charge in [-0.3, -0.25) is 0 Å². The third kappa shape index (κ3) is 5.58. The normalized spacial score (nSPS) is 12.1. The van der Waals surface area contributed by atoms with Crippen molar-refractivity contribution in [3.8, 4) is 0 Å². The average Bonchev–Trinajstić information content (AvgIpc) is 2.80. The second-order valence-electron chi connectivity index (χ2n) is 7.41. The molecule has 0 unspecified atom stereocenters. The standard InChI is InChI=1S/C25H31BNOP/c26-28-22-27-20-12-1-2-13-21-29(23-14-6-3-7-15-23,24-16-8-4-9-17-24)25-18-10-5-11-19-25/h3-11,14-19,22,29H,1-2,12-13,20-21,26H2. The van der Waals surface area contributed by atoms with Gasteiger partial charge in [-0.25, -0.2) is 0 Å². The van der Waals surface area contributed by atoms with Gasteiger partial charge in [-0.15, -0.1) is 0 Å². The molecule has 0 bridgehead atoms. The van der Waals surface area contributed by atoms with Crippen molar-refractivity contribution in [2.45, 2.75) is 25.7 Å². The fourth-order valence-corrected chi connectivity index (χ4v) is 9.11. The molecule has 150 valence electrons. The van der Waals surface area contributed by atoms with Gasteiger partial charge in [0.1, 0.15) is 0 Å². The average molecular weight is 403 g/mol. The molecule has 0 atom stereocenters. The maximum absolute atomic E-state index is 4.88. The molecule has 3 aromatic carbocycles. The van der Waals surface area contributed by atoms with Crippen LogP contribution in [0.5, 0.6) is 0 Å². The summed E-state index contributed by atoms with van der Waals surface area (Å²) in [5, 5.41) is 4.51. The summed E-state index contributed by atoms with van der Waals surface area (Å²) in [5.41, 5.74) is 0. The van der Waals surface area contributed by atoms with Crippen LogP contribution in [0.3, 0.4) is 0 Å². The van der Waals surface area contributed by atoms with Crippen molar-refractivity contribution in [3.05, 3.63) is 91.0 Å². The quantitative estimate of drug-likeness (QED) is 0.157. The molecule has 4 heteroatoms. The number of aliphatic imine (C=N–C) groups is 1. The summed E-state index contributed by atoms with van der Waals surface area (Å²) < 4.78 is 4.88. The van der Waals surface area contributed by atoms with Crippen LogP contribution in [0, 0.1) is 0 Å². The molecular weight excluding hydrogens is 372 g/mol. The number of nitrogens with zero attached hydrogens (tertiary/aromatic N) is 1. The van der Waals surface area contributed by atoms with E-state index >= 15 is 0 Å². The third-order valence-corrected chi connectivity index (χ3v) is 10.6. The zero-order chi connectivity index (χ0) is 20.2. The van der Waals surface area contributed by atoms with Gasteiger partial charge in [0.2, 0.25) is 0 Å². The van der Waals surface area contributed by atoms with Crippen LogP contribution in [-0.4, -0.2) is 27.2 Å². The van der Waals surface area contributed by atoms with Gasteiger partial charge in [-0.05, 0) is 0 Å².